The number of ether oxygens (including phenoxy) is 2. The van der Waals surface area contributed by atoms with Gasteiger partial charge in [-0.3, -0.25) is 28.9 Å². The van der Waals surface area contributed by atoms with Crippen LogP contribution in [0.15, 0.2) is 12.2 Å². The van der Waals surface area contributed by atoms with E-state index in [4.69, 9.17) is 14.3 Å². The van der Waals surface area contributed by atoms with Gasteiger partial charge < -0.3 is 19.6 Å². The first-order valence-corrected chi connectivity index (χ1v) is 10.4. The van der Waals surface area contributed by atoms with Gasteiger partial charge in [-0.05, 0) is 12.8 Å². The minimum Gasteiger partial charge on any atom is -0.379 e. The molecule has 32 heavy (non-hydrogen) atoms. The molecule has 176 valence electrons. The van der Waals surface area contributed by atoms with E-state index in [9.17, 15) is 28.8 Å². The van der Waals surface area contributed by atoms with Crippen molar-refractivity contribution in [2.24, 2.45) is 0 Å². The predicted octanol–water partition coefficient (Wildman–Crippen LogP) is -0.772. The zero-order chi connectivity index (χ0) is 23.3. The van der Waals surface area contributed by atoms with Crippen molar-refractivity contribution < 1.29 is 43.1 Å². The zero-order valence-electron chi connectivity index (χ0n) is 17.7. The number of unbranched alkanes of at least 4 members (excludes halogenated alkanes) is 1. The van der Waals surface area contributed by atoms with Crippen molar-refractivity contribution in [2.45, 2.75) is 38.5 Å². The molecule has 0 bridgehead atoms. The largest absolute Gasteiger partial charge is 0.379 e. The Labute approximate surface area is 184 Å². The van der Waals surface area contributed by atoms with Gasteiger partial charge in [-0.1, -0.05) is 0 Å². The molecule has 12 heteroatoms. The number of nitrogens with zero attached hydrogens (tertiary/aromatic N) is 2. The number of amides is 5. The average molecular weight is 453 g/mol. The van der Waals surface area contributed by atoms with Crippen LogP contribution in [0.3, 0.4) is 0 Å². The summed E-state index contributed by atoms with van der Waals surface area (Å²) in [6.07, 6.45) is 3.67. The Balaban J connectivity index is 1.36. The Morgan fingerprint density at radius 1 is 0.844 bits per heavy atom. The number of hydrogen-bond acceptors (Lipinski definition) is 9. The third-order valence-corrected chi connectivity index (χ3v) is 4.52. The Bertz CT molecular complexity index is 731. The van der Waals surface area contributed by atoms with Crippen LogP contribution in [0.1, 0.15) is 38.5 Å². The topological polar surface area (TPSA) is 149 Å². The van der Waals surface area contributed by atoms with Crippen LogP contribution in [-0.4, -0.2) is 85.0 Å². The minimum atomic E-state index is -0.630. The van der Waals surface area contributed by atoms with Crippen LogP contribution in [0.5, 0.6) is 0 Å². The summed E-state index contributed by atoms with van der Waals surface area (Å²) < 4.78 is 10.7. The first kappa shape index (κ1) is 25.1. The van der Waals surface area contributed by atoms with Crippen LogP contribution in [0.4, 0.5) is 0 Å². The van der Waals surface area contributed by atoms with E-state index in [1.165, 1.54) is 12.2 Å². The number of hydrogen-bond donors (Lipinski definition) is 1. The van der Waals surface area contributed by atoms with Crippen LogP contribution in [0.2, 0.25) is 0 Å². The van der Waals surface area contributed by atoms with Gasteiger partial charge in [0.1, 0.15) is 0 Å². The number of hydroxylamine groups is 2. The minimum absolute atomic E-state index is 0.0282. The van der Waals surface area contributed by atoms with Gasteiger partial charge in [0, 0.05) is 57.5 Å². The first-order chi connectivity index (χ1) is 15.4. The lowest BCUT2D eigenvalue weighted by Crippen LogP contribution is -2.35. The predicted molar refractivity (Wildman–Crippen MR) is 106 cm³/mol. The maximum Gasteiger partial charge on any atom is 0.333 e. The molecule has 2 aliphatic rings. The fourth-order valence-electron chi connectivity index (χ4n) is 2.82. The van der Waals surface area contributed by atoms with E-state index >= 15 is 0 Å². The molecule has 0 aliphatic carbocycles. The Morgan fingerprint density at radius 3 is 2.12 bits per heavy atom. The van der Waals surface area contributed by atoms with Crippen molar-refractivity contribution in [1.29, 1.82) is 0 Å². The molecule has 5 amide bonds. The number of carbonyl (C=O) groups is 6. The number of rotatable bonds is 15. The molecule has 0 saturated carbocycles. The molecular formula is C20H27N3O9. The molecule has 0 unspecified atom stereocenters. The van der Waals surface area contributed by atoms with Gasteiger partial charge in [0.05, 0.1) is 19.8 Å². The summed E-state index contributed by atoms with van der Waals surface area (Å²) in [4.78, 5) is 74.5. The van der Waals surface area contributed by atoms with Crippen LogP contribution in [0, 0.1) is 0 Å². The van der Waals surface area contributed by atoms with Crippen LogP contribution in [0.25, 0.3) is 0 Å². The summed E-state index contributed by atoms with van der Waals surface area (Å²) in [7, 11) is 0. The second-order valence-corrected chi connectivity index (χ2v) is 6.99. The quantitative estimate of drug-likeness (QED) is 0.249. The van der Waals surface area contributed by atoms with Crippen molar-refractivity contribution in [1.82, 2.24) is 15.3 Å². The highest BCUT2D eigenvalue weighted by atomic mass is 16.7. The lowest BCUT2D eigenvalue weighted by atomic mass is 10.2. The van der Waals surface area contributed by atoms with Gasteiger partial charge in [0.25, 0.3) is 23.6 Å². The molecule has 1 saturated heterocycles. The van der Waals surface area contributed by atoms with E-state index in [-0.39, 0.29) is 44.7 Å². The lowest BCUT2D eigenvalue weighted by molar-refractivity contribution is -0.197. The van der Waals surface area contributed by atoms with E-state index in [1.807, 2.05) is 0 Å². The highest BCUT2D eigenvalue weighted by molar-refractivity contribution is 6.13. The molecule has 12 nitrogen and oxygen atoms in total. The molecule has 0 atom stereocenters. The smallest absolute Gasteiger partial charge is 0.333 e. The van der Waals surface area contributed by atoms with Gasteiger partial charge >= 0.3 is 5.97 Å². The van der Waals surface area contributed by atoms with E-state index < -0.39 is 29.6 Å². The number of imide groups is 2. The third kappa shape index (κ3) is 8.55. The summed E-state index contributed by atoms with van der Waals surface area (Å²) in [5.41, 5.74) is 0. The van der Waals surface area contributed by atoms with Crippen molar-refractivity contribution >= 4 is 35.5 Å². The molecular weight excluding hydrogens is 426 g/mol. The lowest BCUT2D eigenvalue weighted by Gasteiger charge is -2.13. The molecule has 2 rings (SSSR count). The van der Waals surface area contributed by atoms with Crippen LogP contribution in [-0.2, 0) is 43.1 Å². The fourth-order valence-corrected chi connectivity index (χ4v) is 2.82. The highest BCUT2D eigenvalue weighted by Crippen LogP contribution is 2.13. The molecule has 0 aromatic carbocycles. The summed E-state index contributed by atoms with van der Waals surface area (Å²) in [6, 6.07) is 0. The van der Waals surface area contributed by atoms with Crippen LogP contribution < -0.4 is 5.32 Å². The molecule has 2 aliphatic heterocycles. The average Bonchev–Trinajstić information content (AvgIpc) is 3.25. The fraction of sp³-hybridized carbons (Fsp3) is 0.600. The summed E-state index contributed by atoms with van der Waals surface area (Å²) >= 11 is 0. The molecule has 1 fully saturated rings. The maximum atomic E-state index is 11.7. The van der Waals surface area contributed by atoms with Crippen molar-refractivity contribution in [2.75, 3.05) is 39.5 Å². The van der Waals surface area contributed by atoms with Gasteiger partial charge in [0.2, 0.25) is 5.91 Å². The summed E-state index contributed by atoms with van der Waals surface area (Å²) in [5.74, 6) is -2.75. The number of nitrogens with one attached hydrogen (secondary N) is 1. The SMILES string of the molecule is O=C(CCN1C(=O)C=CC1=O)NCCOCCOCCCCC(=O)ON1C(=O)CCC1=O. The van der Waals surface area contributed by atoms with Gasteiger partial charge in [-0.15, -0.1) is 5.06 Å². The molecule has 1 N–H and O–H groups in total. The molecule has 0 aromatic rings. The Morgan fingerprint density at radius 2 is 1.47 bits per heavy atom. The van der Waals surface area contributed by atoms with Gasteiger partial charge in [-0.2, -0.15) is 0 Å². The zero-order valence-corrected chi connectivity index (χ0v) is 17.7. The Kier molecular flexibility index (Phi) is 10.5. The second-order valence-electron chi connectivity index (χ2n) is 6.99. The van der Waals surface area contributed by atoms with Gasteiger partial charge in [-0.25, -0.2) is 4.79 Å². The van der Waals surface area contributed by atoms with Crippen LogP contribution >= 0.6 is 0 Å². The van der Waals surface area contributed by atoms with Crippen molar-refractivity contribution in [3.8, 4) is 0 Å². The van der Waals surface area contributed by atoms with E-state index in [2.05, 4.69) is 5.32 Å². The number of carbonyl (C=O) groups excluding carboxylic acids is 6. The van der Waals surface area contributed by atoms with Gasteiger partial charge in [0.15, 0.2) is 0 Å². The standard InChI is InChI=1S/C20H27N3O9/c24-15(8-10-22-16(25)4-5-17(22)26)21-9-12-31-14-13-30-11-2-1-3-20(29)32-23-18(27)6-7-19(23)28/h4-5H,1-3,6-14H2,(H,21,24). The highest BCUT2D eigenvalue weighted by Gasteiger charge is 2.32. The molecule has 0 aromatic heterocycles. The monoisotopic (exact) mass is 453 g/mol. The van der Waals surface area contributed by atoms with E-state index in [0.29, 0.717) is 44.3 Å². The van der Waals surface area contributed by atoms with E-state index in [0.717, 1.165) is 4.90 Å². The molecule has 0 spiro atoms. The van der Waals surface area contributed by atoms with Crippen molar-refractivity contribution in [3.05, 3.63) is 12.2 Å². The normalized spacial score (nSPS) is 15.8. The first-order valence-electron chi connectivity index (χ1n) is 10.4. The maximum absolute atomic E-state index is 11.7. The summed E-state index contributed by atoms with van der Waals surface area (Å²) in [6.45, 7) is 1.72. The second kappa shape index (κ2) is 13.3. The third-order valence-electron chi connectivity index (χ3n) is 4.52. The molecule has 0 radical (unpaired) electrons. The van der Waals surface area contributed by atoms with E-state index in [1.54, 1.807) is 0 Å². The molecule has 2 heterocycles. The Hall–Kier alpha value is -3.12. The van der Waals surface area contributed by atoms with Crippen molar-refractivity contribution in [3.63, 3.8) is 0 Å². The summed E-state index contributed by atoms with van der Waals surface area (Å²) in [5, 5.41) is 3.17.